The van der Waals surface area contributed by atoms with Crippen LogP contribution in [0.3, 0.4) is 0 Å². The molecule has 78 valence electrons. The first-order valence-corrected chi connectivity index (χ1v) is 5.00. The van der Waals surface area contributed by atoms with Gasteiger partial charge in [0, 0.05) is 12.7 Å². The molecule has 1 unspecified atom stereocenters. The molecule has 0 aromatic carbocycles. The van der Waals surface area contributed by atoms with Gasteiger partial charge in [-0.05, 0) is 24.6 Å². The fourth-order valence-corrected chi connectivity index (χ4v) is 1.19. The summed E-state index contributed by atoms with van der Waals surface area (Å²) in [4.78, 5) is 4.09. The SMILES string of the molecule is CC(C)CNCC(O)c1ccccn1. The van der Waals surface area contributed by atoms with E-state index >= 15 is 0 Å². The van der Waals surface area contributed by atoms with Gasteiger partial charge >= 0.3 is 0 Å². The molecule has 1 aromatic rings. The van der Waals surface area contributed by atoms with Crippen LogP contribution in [0.5, 0.6) is 0 Å². The summed E-state index contributed by atoms with van der Waals surface area (Å²) in [6.07, 6.45) is 1.19. The minimum Gasteiger partial charge on any atom is -0.385 e. The molecule has 1 heterocycles. The van der Waals surface area contributed by atoms with Crippen molar-refractivity contribution in [3.8, 4) is 0 Å². The highest BCUT2D eigenvalue weighted by Gasteiger charge is 2.07. The molecule has 0 saturated carbocycles. The van der Waals surface area contributed by atoms with Gasteiger partial charge in [-0.1, -0.05) is 19.9 Å². The Morgan fingerprint density at radius 2 is 2.14 bits per heavy atom. The van der Waals surface area contributed by atoms with Crippen LogP contribution in [0.25, 0.3) is 0 Å². The number of hydrogen-bond donors (Lipinski definition) is 2. The molecule has 1 atom stereocenters. The van der Waals surface area contributed by atoms with Crippen LogP contribution in [0.15, 0.2) is 24.4 Å². The van der Waals surface area contributed by atoms with E-state index in [2.05, 4.69) is 24.1 Å². The van der Waals surface area contributed by atoms with Gasteiger partial charge in [0.15, 0.2) is 0 Å². The molecule has 1 aromatic heterocycles. The van der Waals surface area contributed by atoms with Gasteiger partial charge < -0.3 is 10.4 Å². The van der Waals surface area contributed by atoms with Crippen LogP contribution in [0, 0.1) is 5.92 Å². The molecule has 0 radical (unpaired) electrons. The number of nitrogens with zero attached hydrogens (tertiary/aromatic N) is 1. The van der Waals surface area contributed by atoms with E-state index in [0.717, 1.165) is 12.2 Å². The lowest BCUT2D eigenvalue weighted by Gasteiger charge is -2.12. The molecule has 0 saturated heterocycles. The largest absolute Gasteiger partial charge is 0.385 e. The summed E-state index contributed by atoms with van der Waals surface area (Å²) in [6.45, 7) is 5.76. The van der Waals surface area contributed by atoms with Crippen LogP contribution >= 0.6 is 0 Å². The molecule has 0 spiro atoms. The fourth-order valence-electron chi connectivity index (χ4n) is 1.19. The second kappa shape index (κ2) is 5.73. The third-order valence-corrected chi connectivity index (χ3v) is 1.92. The Labute approximate surface area is 85.2 Å². The van der Waals surface area contributed by atoms with Crippen molar-refractivity contribution in [2.75, 3.05) is 13.1 Å². The summed E-state index contributed by atoms with van der Waals surface area (Å²) in [7, 11) is 0. The average molecular weight is 194 g/mol. The second-order valence-electron chi connectivity index (χ2n) is 3.82. The number of rotatable bonds is 5. The van der Waals surface area contributed by atoms with Crippen molar-refractivity contribution in [2.24, 2.45) is 5.92 Å². The lowest BCUT2D eigenvalue weighted by Crippen LogP contribution is -2.25. The van der Waals surface area contributed by atoms with Gasteiger partial charge in [-0.15, -0.1) is 0 Å². The van der Waals surface area contributed by atoms with Crippen LogP contribution in [0.2, 0.25) is 0 Å². The molecule has 0 fully saturated rings. The molecule has 0 bridgehead atoms. The van der Waals surface area contributed by atoms with Gasteiger partial charge in [0.2, 0.25) is 0 Å². The summed E-state index contributed by atoms with van der Waals surface area (Å²) in [5.41, 5.74) is 0.726. The highest BCUT2D eigenvalue weighted by atomic mass is 16.3. The maximum atomic E-state index is 9.71. The van der Waals surface area contributed by atoms with Gasteiger partial charge in [-0.2, -0.15) is 0 Å². The van der Waals surface area contributed by atoms with Crippen molar-refractivity contribution in [3.63, 3.8) is 0 Å². The maximum Gasteiger partial charge on any atom is 0.108 e. The standard InChI is InChI=1S/C11H18N2O/c1-9(2)7-12-8-11(14)10-5-3-4-6-13-10/h3-6,9,11-12,14H,7-8H2,1-2H3. The zero-order valence-electron chi connectivity index (χ0n) is 8.77. The van der Waals surface area contributed by atoms with Crippen molar-refractivity contribution < 1.29 is 5.11 Å². The fraction of sp³-hybridized carbons (Fsp3) is 0.545. The lowest BCUT2D eigenvalue weighted by atomic mass is 10.2. The summed E-state index contributed by atoms with van der Waals surface area (Å²) in [5.74, 6) is 0.603. The van der Waals surface area contributed by atoms with E-state index in [-0.39, 0.29) is 0 Å². The number of nitrogens with one attached hydrogen (secondary N) is 1. The number of aliphatic hydroxyl groups excluding tert-OH is 1. The van der Waals surface area contributed by atoms with Crippen LogP contribution in [0.1, 0.15) is 25.6 Å². The van der Waals surface area contributed by atoms with Crippen molar-refractivity contribution >= 4 is 0 Å². The molecule has 0 amide bonds. The van der Waals surface area contributed by atoms with E-state index in [0.29, 0.717) is 12.5 Å². The minimum atomic E-state index is -0.505. The Kier molecular flexibility index (Phi) is 4.56. The van der Waals surface area contributed by atoms with Crippen molar-refractivity contribution in [1.29, 1.82) is 0 Å². The molecule has 3 heteroatoms. The van der Waals surface area contributed by atoms with Crippen molar-refractivity contribution in [2.45, 2.75) is 20.0 Å². The van der Waals surface area contributed by atoms with Gasteiger partial charge in [0.1, 0.15) is 6.10 Å². The molecular weight excluding hydrogens is 176 g/mol. The molecule has 0 aliphatic rings. The van der Waals surface area contributed by atoms with E-state index in [9.17, 15) is 5.11 Å². The zero-order chi connectivity index (χ0) is 10.4. The Balaban J connectivity index is 2.32. The Morgan fingerprint density at radius 1 is 1.36 bits per heavy atom. The van der Waals surface area contributed by atoms with Gasteiger partial charge in [-0.25, -0.2) is 0 Å². The molecule has 3 nitrogen and oxygen atoms in total. The van der Waals surface area contributed by atoms with E-state index in [1.165, 1.54) is 0 Å². The first-order valence-electron chi connectivity index (χ1n) is 5.00. The van der Waals surface area contributed by atoms with Crippen LogP contribution in [-0.2, 0) is 0 Å². The highest BCUT2D eigenvalue weighted by molar-refractivity contribution is 5.06. The molecule has 2 N–H and O–H groups in total. The third-order valence-electron chi connectivity index (χ3n) is 1.92. The zero-order valence-corrected chi connectivity index (χ0v) is 8.77. The van der Waals surface area contributed by atoms with Crippen molar-refractivity contribution in [3.05, 3.63) is 30.1 Å². The van der Waals surface area contributed by atoms with E-state index in [4.69, 9.17) is 0 Å². The summed E-state index contributed by atoms with van der Waals surface area (Å²) in [5, 5.41) is 12.9. The van der Waals surface area contributed by atoms with Gasteiger partial charge in [0.25, 0.3) is 0 Å². The van der Waals surface area contributed by atoms with Crippen LogP contribution in [0.4, 0.5) is 0 Å². The summed E-state index contributed by atoms with van der Waals surface area (Å²) < 4.78 is 0. The predicted octanol–water partition coefficient (Wildman–Crippen LogP) is 1.36. The lowest BCUT2D eigenvalue weighted by molar-refractivity contribution is 0.169. The molecule has 0 aliphatic carbocycles. The molecule has 14 heavy (non-hydrogen) atoms. The van der Waals surface area contributed by atoms with E-state index in [1.807, 2.05) is 18.2 Å². The monoisotopic (exact) mass is 194 g/mol. The van der Waals surface area contributed by atoms with Gasteiger partial charge in [0.05, 0.1) is 5.69 Å². The van der Waals surface area contributed by atoms with Crippen LogP contribution in [-0.4, -0.2) is 23.2 Å². The smallest absolute Gasteiger partial charge is 0.108 e. The first-order chi connectivity index (χ1) is 6.70. The average Bonchev–Trinajstić information content (AvgIpc) is 2.18. The van der Waals surface area contributed by atoms with Gasteiger partial charge in [-0.3, -0.25) is 4.98 Å². The highest BCUT2D eigenvalue weighted by Crippen LogP contribution is 2.06. The number of pyridine rings is 1. The third kappa shape index (κ3) is 3.85. The van der Waals surface area contributed by atoms with E-state index in [1.54, 1.807) is 6.20 Å². The number of hydrogen-bond acceptors (Lipinski definition) is 3. The normalized spacial score (nSPS) is 13.1. The Morgan fingerprint density at radius 3 is 2.71 bits per heavy atom. The summed E-state index contributed by atoms with van der Waals surface area (Å²) >= 11 is 0. The van der Waals surface area contributed by atoms with Crippen LogP contribution < -0.4 is 5.32 Å². The predicted molar refractivity (Wildman–Crippen MR) is 56.9 cm³/mol. The molecule has 1 rings (SSSR count). The van der Waals surface area contributed by atoms with E-state index < -0.39 is 6.10 Å². The molecular formula is C11H18N2O. The number of aromatic nitrogens is 1. The molecule has 0 aliphatic heterocycles. The van der Waals surface area contributed by atoms with Crippen molar-refractivity contribution in [1.82, 2.24) is 10.3 Å². The Bertz CT molecular complexity index is 249. The topological polar surface area (TPSA) is 45.1 Å². The number of aliphatic hydroxyl groups is 1. The quantitative estimate of drug-likeness (QED) is 0.744. The minimum absolute atomic E-state index is 0.505. The maximum absolute atomic E-state index is 9.71. The second-order valence-corrected chi connectivity index (χ2v) is 3.82. The Hall–Kier alpha value is -0.930. The first kappa shape index (κ1) is 11.1. The summed E-state index contributed by atoms with van der Waals surface area (Å²) in [6, 6.07) is 5.56.